The Morgan fingerprint density at radius 1 is 0.340 bits per heavy atom. The highest BCUT2D eigenvalue weighted by Crippen LogP contribution is 2.38. The van der Waals surface area contributed by atoms with Crippen LogP contribution in [0.15, 0.2) is 122 Å². The second-order valence-electron chi connectivity index (χ2n) is 19.8. The predicted octanol–water partition coefficient (Wildman–Crippen LogP) is 9.28. The van der Waals surface area contributed by atoms with E-state index in [0.717, 1.165) is 67.8 Å². The molecule has 482 valence electrons. The third kappa shape index (κ3) is 13.9. The van der Waals surface area contributed by atoms with Crippen molar-refractivity contribution in [1.82, 2.24) is 80.6 Å². The zero-order valence-electron chi connectivity index (χ0n) is 46.4. The van der Waals surface area contributed by atoms with Gasteiger partial charge in [0.1, 0.15) is 22.8 Å². The molecule has 0 aliphatic heterocycles. The van der Waals surface area contributed by atoms with Crippen LogP contribution in [0.4, 0.5) is 52.7 Å². The minimum Gasteiger partial charge on any atom is -0.478 e. The zero-order valence-corrected chi connectivity index (χ0v) is 46.4. The van der Waals surface area contributed by atoms with E-state index in [1.54, 1.807) is 0 Å². The van der Waals surface area contributed by atoms with Gasteiger partial charge >= 0.3 is 48.6 Å². The highest BCUT2D eigenvalue weighted by atomic mass is 19.4. The largest absolute Gasteiger partial charge is 0.478 e. The number of amides is 2. The second kappa shape index (κ2) is 24.8. The van der Waals surface area contributed by atoms with E-state index in [1.807, 2.05) is 0 Å². The van der Waals surface area contributed by atoms with E-state index in [-0.39, 0.29) is 105 Å². The Labute approximate surface area is 513 Å². The average molecular weight is 1320 g/mol. The SMILES string of the molecule is O=C(NCCCCNC(=O)c1cc(-c2cn(-c3ccc(C(=O)O)c(C(F)(F)F)c3)nn2)nc(-c2cn(-c3ccc(C(=O)O)c(C(F)(F)F)c3)nn2)c1)c1cc(-c2cn(-c3ccc(C(=O)O)c(C(F)(F)F)c3)nn2)nc(-c2cn(-c3ccc(C(=O)O)c(C(F)(F)F)c3)nn2)c1. The summed E-state index contributed by atoms with van der Waals surface area (Å²) in [5.74, 6) is -9.11. The molecule has 0 fully saturated rings. The lowest BCUT2D eigenvalue weighted by Gasteiger charge is -2.12. The number of pyridine rings is 2. The number of hydrogen-bond acceptors (Lipinski definition) is 16. The van der Waals surface area contributed by atoms with E-state index >= 15 is 0 Å². The Morgan fingerprint density at radius 2 is 0.564 bits per heavy atom. The van der Waals surface area contributed by atoms with E-state index in [9.17, 15) is 102 Å². The fraction of sp³-hybridized carbons (Fsp3) is 0.143. The van der Waals surface area contributed by atoms with Gasteiger partial charge in [0.05, 0.1) is 115 Å². The molecule has 10 rings (SSSR count). The molecular weight excluding hydrogens is 1280 g/mol. The van der Waals surface area contributed by atoms with Gasteiger partial charge in [0, 0.05) is 24.2 Å². The van der Waals surface area contributed by atoms with Gasteiger partial charge in [0.25, 0.3) is 11.8 Å². The molecule has 0 atom stereocenters. The molecule has 0 saturated heterocycles. The zero-order chi connectivity index (χ0) is 67.9. The lowest BCUT2D eigenvalue weighted by molar-refractivity contribution is -0.138. The number of hydrogen-bond donors (Lipinski definition) is 6. The van der Waals surface area contributed by atoms with E-state index in [0.29, 0.717) is 48.5 Å². The highest BCUT2D eigenvalue weighted by Gasteiger charge is 2.39. The summed E-state index contributed by atoms with van der Waals surface area (Å²) in [5.41, 5.74) is -13.5. The summed E-state index contributed by atoms with van der Waals surface area (Å²) in [7, 11) is 0. The lowest BCUT2D eigenvalue weighted by Crippen LogP contribution is -2.27. The summed E-state index contributed by atoms with van der Waals surface area (Å²) < 4.78 is 171. The van der Waals surface area contributed by atoms with Gasteiger partial charge in [0.15, 0.2) is 0 Å². The molecule has 0 radical (unpaired) electrons. The second-order valence-corrected chi connectivity index (χ2v) is 19.8. The molecule has 0 unspecified atom stereocenters. The van der Waals surface area contributed by atoms with Crippen LogP contribution >= 0.6 is 0 Å². The van der Waals surface area contributed by atoms with Crippen molar-refractivity contribution in [2.24, 2.45) is 0 Å². The number of carbonyl (C=O) groups excluding carboxylic acids is 2. The first-order valence-electron chi connectivity index (χ1n) is 26.3. The molecule has 0 bridgehead atoms. The van der Waals surface area contributed by atoms with Crippen molar-refractivity contribution in [1.29, 1.82) is 0 Å². The number of benzene rings is 4. The fourth-order valence-electron chi connectivity index (χ4n) is 9.12. The molecule has 0 saturated carbocycles. The van der Waals surface area contributed by atoms with Crippen LogP contribution in [0.5, 0.6) is 0 Å². The van der Waals surface area contributed by atoms with Crippen LogP contribution in [0.2, 0.25) is 0 Å². The predicted molar refractivity (Wildman–Crippen MR) is 292 cm³/mol. The normalized spacial score (nSPS) is 12.0. The fourth-order valence-corrected chi connectivity index (χ4v) is 9.12. The number of nitrogens with one attached hydrogen (secondary N) is 2. The number of rotatable bonds is 19. The van der Waals surface area contributed by atoms with Crippen LogP contribution < -0.4 is 10.6 Å². The first kappa shape index (κ1) is 64.7. The summed E-state index contributed by atoms with van der Waals surface area (Å²) in [4.78, 5) is 83.1. The minimum atomic E-state index is -5.13. The van der Waals surface area contributed by atoms with Crippen molar-refractivity contribution >= 4 is 35.7 Å². The van der Waals surface area contributed by atoms with Gasteiger partial charge < -0.3 is 31.1 Å². The van der Waals surface area contributed by atoms with E-state index in [4.69, 9.17) is 0 Å². The molecule has 94 heavy (non-hydrogen) atoms. The van der Waals surface area contributed by atoms with Gasteiger partial charge in [-0.1, -0.05) is 20.9 Å². The standard InChI is InChI=1S/C56H34F12N16O10/c57-53(58,59)35-17-27(3-7-31(35)49(87)88)81-21-43(73-77-81)39-13-25(14-40(71-39)44-22-82(78-74-44)28-4-8-32(50(89)90)36(18-28)54(60,61)62)47(85)69-11-1-2-12-70-48(86)26-15-41(45-23-83(79-75-45)29-5-9-33(51(91)92)37(19-29)55(63,64)65)72-42(16-26)46-24-84(80-76-46)30-6-10-34(52(93)94)38(20-30)56(66,67)68/h3-10,13-24H,1-2,11-12H2,(H,69,85)(H,70,86)(H,87,88)(H,89,90)(H,91,92)(H,93,94). The summed E-state index contributed by atoms with van der Waals surface area (Å²) in [6, 6.07) is 13.5. The number of carbonyl (C=O) groups is 6. The number of carboxylic acids is 4. The molecule has 26 nitrogen and oxygen atoms in total. The van der Waals surface area contributed by atoms with Crippen LogP contribution in [0, 0.1) is 0 Å². The van der Waals surface area contributed by atoms with Crippen LogP contribution in [0.25, 0.3) is 68.3 Å². The lowest BCUT2D eigenvalue weighted by atomic mass is 10.1. The molecule has 6 heterocycles. The molecule has 6 N–H and O–H groups in total. The van der Waals surface area contributed by atoms with Crippen molar-refractivity contribution in [3.8, 4) is 68.3 Å². The molecule has 0 spiro atoms. The molecular formula is C56H34F12N16O10. The Hall–Kier alpha value is -12.3. The Morgan fingerprint density at radius 3 is 0.766 bits per heavy atom. The minimum absolute atomic E-state index is 0.113. The quantitative estimate of drug-likeness (QED) is 0.0324. The third-order valence-corrected chi connectivity index (χ3v) is 13.6. The summed E-state index contributed by atoms with van der Waals surface area (Å²) in [6.45, 7) is -0.227. The maximum atomic E-state index is 13.9. The molecule has 0 aliphatic carbocycles. The first-order valence-corrected chi connectivity index (χ1v) is 26.3. The van der Waals surface area contributed by atoms with Crippen molar-refractivity contribution in [2.45, 2.75) is 37.5 Å². The smallest absolute Gasteiger partial charge is 0.417 e. The highest BCUT2D eigenvalue weighted by molar-refractivity contribution is 5.97. The third-order valence-electron chi connectivity index (χ3n) is 13.6. The molecule has 6 aromatic heterocycles. The van der Waals surface area contributed by atoms with Crippen molar-refractivity contribution < 1.29 is 102 Å². The van der Waals surface area contributed by atoms with Gasteiger partial charge in [-0.3, -0.25) is 9.59 Å². The van der Waals surface area contributed by atoms with Gasteiger partial charge in [-0.15, -0.1) is 20.4 Å². The Bertz CT molecular complexity index is 4130. The van der Waals surface area contributed by atoms with Gasteiger partial charge in [-0.05, 0) is 110 Å². The Balaban J connectivity index is 0.893. The van der Waals surface area contributed by atoms with Crippen LogP contribution in [-0.2, 0) is 24.7 Å². The number of carboxylic acid groups (broad SMARTS) is 4. The van der Waals surface area contributed by atoms with E-state index < -0.39 is 105 Å². The van der Waals surface area contributed by atoms with Crippen LogP contribution in [0.1, 0.15) is 97.2 Å². The van der Waals surface area contributed by atoms with E-state index in [1.165, 1.54) is 24.3 Å². The summed E-state index contributed by atoms with van der Waals surface area (Å²) >= 11 is 0. The van der Waals surface area contributed by atoms with Crippen LogP contribution in [-0.4, -0.2) is 139 Å². The van der Waals surface area contributed by atoms with Crippen molar-refractivity contribution in [3.05, 3.63) is 177 Å². The maximum absolute atomic E-state index is 13.9. The summed E-state index contributed by atoms with van der Waals surface area (Å²) in [5, 5.41) is 74.1. The topological polar surface area (TPSA) is 356 Å². The molecule has 4 aromatic carbocycles. The van der Waals surface area contributed by atoms with E-state index in [2.05, 4.69) is 61.8 Å². The van der Waals surface area contributed by atoms with Crippen molar-refractivity contribution in [3.63, 3.8) is 0 Å². The number of aromatic carboxylic acids is 4. The molecule has 38 heteroatoms. The average Bonchev–Trinajstić information content (AvgIpc) is 1.73. The number of aromatic nitrogens is 14. The molecule has 0 aliphatic rings. The van der Waals surface area contributed by atoms with Gasteiger partial charge in [-0.2, -0.15) is 52.7 Å². The van der Waals surface area contributed by atoms with Gasteiger partial charge in [-0.25, -0.2) is 47.9 Å². The Kier molecular flexibility index (Phi) is 17.1. The number of nitrogens with zero attached hydrogens (tertiary/aromatic N) is 14. The maximum Gasteiger partial charge on any atom is 0.417 e. The number of halogens is 12. The number of unbranched alkanes of at least 4 members (excludes halogenated alkanes) is 1. The van der Waals surface area contributed by atoms with Crippen molar-refractivity contribution in [2.75, 3.05) is 13.1 Å². The molecule has 10 aromatic rings. The summed E-state index contributed by atoms with van der Waals surface area (Å²) in [6.07, 6.45) is -15.9. The number of alkyl halides is 12. The first-order chi connectivity index (χ1) is 44.2. The molecule has 2 amide bonds. The monoisotopic (exact) mass is 1320 g/mol. The van der Waals surface area contributed by atoms with Gasteiger partial charge in [0.2, 0.25) is 0 Å². The van der Waals surface area contributed by atoms with Crippen LogP contribution in [0.3, 0.4) is 0 Å².